The minimum atomic E-state index is -3.69. The quantitative estimate of drug-likeness (QED) is 0.0147. The molecule has 2 rings (SSSR count). The molecule has 2 aliphatic rings. The van der Waals surface area contributed by atoms with Crippen molar-refractivity contribution in [3.05, 3.63) is 31.8 Å². The molecule has 7 N–H and O–H groups in total. The van der Waals surface area contributed by atoms with Gasteiger partial charge in [0.2, 0.25) is 0 Å². The number of nitrogens with two attached hydrogens (primary N) is 1. The Morgan fingerprint density at radius 2 is 1.17 bits per heavy atom. The van der Waals surface area contributed by atoms with Crippen LogP contribution < -0.4 is 114 Å². The van der Waals surface area contributed by atoms with Gasteiger partial charge in [-0.15, -0.1) is 23.8 Å². The van der Waals surface area contributed by atoms with Crippen LogP contribution in [0.25, 0.3) is 0 Å². The van der Waals surface area contributed by atoms with Gasteiger partial charge >= 0.3 is 103 Å². The van der Waals surface area contributed by atoms with Gasteiger partial charge in [-0.25, -0.2) is 8.42 Å². The minimum absolute atomic E-state index is 0. The van der Waals surface area contributed by atoms with Gasteiger partial charge in [0.15, 0.2) is 40.7 Å². The van der Waals surface area contributed by atoms with Crippen molar-refractivity contribution in [2.75, 3.05) is 54.4 Å². The van der Waals surface area contributed by atoms with E-state index >= 15 is 0 Å². The average Bonchev–Trinajstić information content (AvgIpc) is 3.87. The van der Waals surface area contributed by atoms with Crippen molar-refractivity contribution in [3.63, 3.8) is 0 Å². The molecular weight excluding hydrogens is 1490 g/mol. The number of methoxy groups -OCH3 is 2. The van der Waals surface area contributed by atoms with Gasteiger partial charge in [-0.3, -0.25) is 4.79 Å². The van der Waals surface area contributed by atoms with Gasteiger partial charge in [0.05, 0.1) is 68.5 Å². The number of carbonyl (C=O) groups excluding carboxylic acids is 1. The van der Waals surface area contributed by atoms with E-state index in [1.165, 1.54) is 0 Å². The van der Waals surface area contributed by atoms with Crippen LogP contribution in [-0.2, 0) is 56.0 Å². The Balaban J connectivity index is -0.0000000774. The summed E-state index contributed by atoms with van der Waals surface area (Å²) >= 11 is 4.23. The summed E-state index contributed by atoms with van der Waals surface area (Å²) in [5.74, 6) is 4.06. The van der Waals surface area contributed by atoms with Crippen LogP contribution in [0.2, 0.25) is 62.7 Å². The third kappa shape index (κ3) is 79.6. The molecule has 5 atom stereocenters. The predicted octanol–water partition coefficient (Wildman–Crippen LogP) is 4.87. The van der Waals surface area contributed by atoms with Crippen LogP contribution in [0.5, 0.6) is 0 Å². The Kier molecular flexibility index (Phi) is 77.0. The van der Waals surface area contributed by atoms with Crippen molar-refractivity contribution in [3.8, 4) is 23.8 Å². The third-order valence-corrected chi connectivity index (χ3v) is 23.4. The van der Waals surface area contributed by atoms with Crippen molar-refractivity contribution in [1.29, 1.82) is 0 Å². The molecule has 2 saturated heterocycles. The first-order valence-electron chi connectivity index (χ1n) is 27.7. The normalized spacial score (nSPS) is 16.4. The Labute approximate surface area is 655 Å². The standard InChI is InChI=1S/C14H30O2Si2.C11H22O2Si.C8H13ClO4S.C8H13IO2.C5H9IO2.C5H12O2.C2H6.CH5B2N.CH2O3.CH4O.CH4.2K.H/c1-14(2,3)18(7,8)16-12-13(15)10-9-11-17(4,5)6;1-7-8-10(12)9-13-14(5,6)11(2,3)4;1-6(14(9,10)11)4-7-5-12-8(2,3)13-7;1-6(9)4-7-5-10-8(2,3)11-7;1-4(6)2-5(8)3-7;1-5(2,6-3)7-4;1-2;1-3(2)4;2-1-4-3;1-2;;;;/h13,15H,10,12H2,1-8H3;1,10,12H,8-9H2,2-6H3;7H,1,4-5H2,2-3H3;7H,1,4-5H2,2-3H3;5,7-8H,1-3H2;1-4H3;1-2H3;4H2,1H3;1,3H;2H,1H3;1H4;;;/q;;;;;;;;;;;2*+1;-1/p-1/t13-;10-;2*7-;5-;;;;;;;;;/m00000........./s1/i;;;;;;1D;;;;;;;. The monoisotopic (exact) mass is 1610 g/mol. The number of ether oxygens (including phenoxy) is 6. The second-order valence-corrected chi connectivity index (χ2v) is 43.9. The van der Waals surface area contributed by atoms with E-state index in [1.807, 2.05) is 50.3 Å². The zero-order chi connectivity index (χ0) is 69.7. The molecule has 30 heteroatoms. The van der Waals surface area contributed by atoms with Gasteiger partial charge in [-0.05, 0) is 130 Å². The zero-order valence-corrected chi connectivity index (χ0v) is 72.9. The summed E-state index contributed by atoms with van der Waals surface area (Å²) in [6.45, 7) is 55.7. The summed E-state index contributed by atoms with van der Waals surface area (Å²) in [6, 6.07) is 0. The Morgan fingerprint density at radius 3 is 1.37 bits per heavy atom. The second-order valence-electron chi connectivity index (χ2n) is 23.8. The van der Waals surface area contributed by atoms with Crippen LogP contribution in [0.4, 0.5) is 0 Å². The van der Waals surface area contributed by atoms with Crippen molar-refractivity contribution in [2.45, 2.75) is 247 Å². The fourth-order valence-electron chi connectivity index (χ4n) is 4.46. The van der Waals surface area contributed by atoms with Crippen LogP contribution >= 0.6 is 55.9 Å². The first-order chi connectivity index (χ1) is 38.1. The number of terminal acetylenes is 1. The van der Waals surface area contributed by atoms with Crippen LogP contribution in [0.15, 0.2) is 31.8 Å². The van der Waals surface area contributed by atoms with Crippen LogP contribution in [0, 0.1) is 23.8 Å². The molecule has 2 aliphatic heterocycles. The van der Waals surface area contributed by atoms with E-state index in [0.717, 1.165) is 20.7 Å². The maximum absolute atomic E-state index is 10.8. The van der Waals surface area contributed by atoms with E-state index in [1.54, 1.807) is 41.8 Å². The van der Waals surface area contributed by atoms with Crippen molar-refractivity contribution >= 4 is 111 Å². The van der Waals surface area contributed by atoms with E-state index in [9.17, 15) is 18.6 Å². The number of rotatable bonds is 19. The molecule has 2 heterocycles. The maximum Gasteiger partial charge on any atom is 1.00 e. The summed E-state index contributed by atoms with van der Waals surface area (Å²) < 4.78 is 73.0. The van der Waals surface area contributed by atoms with Crippen LogP contribution in [-0.4, -0.2) is 182 Å². The van der Waals surface area contributed by atoms with Crippen molar-refractivity contribution in [1.82, 2.24) is 0 Å². The molecule has 0 spiro atoms. The van der Waals surface area contributed by atoms with Gasteiger partial charge in [0, 0.05) is 73.2 Å². The van der Waals surface area contributed by atoms with Crippen LogP contribution in [0.1, 0.15) is 139 Å². The van der Waals surface area contributed by atoms with E-state index in [-0.39, 0.29) is 165 Å². The zero-order valence-electron chi connectivity index (χ0n) is 59.8. The third-order valence-electron chi connectivity index (χ3n) is 11.1. The fraction of sp³-hybridized carbons (Fsp3) is 0.807. The molecule has 0 aromatic rings. The number of halogens is 3. The Morgan fingerprint density at radius 1 is 0.851 bits per heavy atom. The molecule has 508 valence electrons. The van der Waals surface area contributed by atoms with Gasteiger partial charge in [0.1, 0.15) is 8.07 Å². The Bertz CT molecular complexity index is 1980. The van der Waals surface area contributed by atoms with E-state index in [0.29, 0.717) is 52.6 Å². The Hall–Kier alpha value is 2.96. The van der Waals surface area contributed by atoms with E-state index in [4.69, 9.17) is 94.5 Å². The molecule has 0 unspecified atom stereocenters. The fourth-order valence-corrected chi connectivity index (χ4v) is 8.75. The van der Waals surface area contributed by atoms with E-state index in [2.05, 4.69) is 152 Å². The predicted molar refractivity (Wildman–Crippen MR) is 379 cm³/mol. The van der Waals surface area contributed by atoms with Gasteiger partial charge in [0.25, 0.3) is 15.5 Å². The molecule has 87 heavy (non-hydrogen) atoms. The second kappa shape index (κ2) is 60.2. The first-order valence-corrected chi connectivity index (χ1v) is 40.8. The number of hydrogen-bond acceptors (Lipinski definition) is 19. The molecule has 19 nitrogen and oxygen atoms in total. The molecule has 2 radical (unpaired) electrons. The topological polar surface area (TPSA) is 285 Å². The molecule has 2 fully saturated rings. The van der Waals surface area contributed by atoms with Gasteiger partial charge < -0.3 is 80.0 Å². The summed E-state index contributed by atoms with van der Waals surface area (Å²) in [5.41, 5.74) is 8.15. The molecular formula is C57H120B2ClI2K2NO18SSi3. The summed E-state index contributed by atoms with van der Waals surface area (Å²) in [4.78, 5) is 11.2. The van der Waals surface area contributed by atoms with Gasteiger partial charge in [-0.1, -0.05) is 109 Å². The van der Waals surface area contributed by atoms with Crippen LogP contribution in [0.3, 0.4) is 0 Å². The minimum Gasteiger partial charge on any atom is -1.00 e. The molecule has 0 amide bonds. The summed E-state index contributed by atoms with van der Waals surface area (Å²) in [7, 11) is 5.76. The number of carbonyl (C=O) groups is 1. The summed E-state index contributed by atoms with van der Waals surface area (Å²) in [6.07, 6.45) is 5.87. The number of hydrogen-bond donors (Lipinski definition) is 6. The van der Waals surface area contributed by atoms with E-state index < -0.39 is 69.4 Å². The SMILES string of the molecule is C.C#CC[C@H](O)CO[Si](C)(C)C(C)(C)C.C=C(C[C@H]1COC(C)(C)O1)S(=O)(=O)Cl.C=C(I)C[C@H](O)CO.C=C(I)C[C@H]1COC(C)(C)O1.CC(C)(C)[Si](C)(C)OC[C@@H](O)CC#C[Si](C)(C)C.CO.COC(C)(C)OC.O=CO[O-].[2H]CC.[B]B(C)N.[H-].[K+].[K+]. The molecule has 0 aliphatic carbocycles. The number of aliphatic hydroxyl groups is 5. The molecule has 0 aromatic heterocycles. The largest absolute Gasteiger partial charge is 1.00 e. The number of aliphatic hydroxyl groups excluding tert-OH is 5. The first kappa shape index (κ1) is 111. The maximum atomic E-state index is 10.8. The average molecular weight is 1610 g/mol. The molecule has 0 bridgehead atoms. The van der Waals surface area contributed by atoms with Gasteiger partial charge in [-0.2, -0.15) is 0 Å². The molecule has 0 aromatic carbocycles. The van der Waals surface area contributed by atoms with Crippen molar-refractivity contribution in [2.24, 2.45) is 5.64 Å². The summed E-state index contributed by atoms with van der Waals surface area (Å²) in [5, 5.41) is 52.1. The molecule has 0 saturated carbocycles. The van der Waals surface area contributed by atoms with Crippen molar-refractivity contribution < 1.29 is 192 Å². The smallest absolute Gasteiger partial charge is 1.00 e.